The highest BCUT2D eigenvalue weighted by Gasteiger charge is 2.20. The van der Waals surface area contributed by atoms with Gasteiger partial charge in [-0.2, -0.15) is 0 Å². The van der Waals surface area contributed by atoms with Crippen molar-refractivity contribution in [3.05, 3.63) is 40.1 Å². The number of nitrogens with zero attached hydrogens (tertiary/aromatic N) is 1. The van der Waals surface area contributed by atoms with Gasteiger partial charge >= 0.3 is 0 Å². The SMILES string of the molecule is O=C1C=CC(=O)c2nc(Br)ccc21. The molecule has 0 atom stereocenters. The maximum Gasteiger partial charge on any atom is 0.205 e. The maximum absolute atomic E-state index is 11.3. The molecular weight excluding hydrogens is 234 g/mol. The van der Waals surface area contributed by atoms with Gasteiger partial charge in [0, 0.05) is 0 Å². The predicted octanol–water partition coefficient (Wildman–Crippen LogP) is 1.78. The molecule has 4 heteroatoms. The predicted molar refractivity (Wildman–Crippen MR) is 49.7 cm³/mol. The molecule has 1 heterocycles. The summed E-state index contributed by atoms with van der Waals surface area (Å²) in [5.41, 5.74) is 0.595. The Hall–Kier alpha value is -1.29. The van der Waals surface area contributed by atoms with Gasteiger partial charge in [-0.25, -0.2) is 4.98 Å². The molecule has 0 aliphatic heterocycles. The van der Waals surface area contributed by atoms with E-state index in [0.717, 1.165) is 0 Å². The first-order chi connectivity index (χ1) is 6.18. The number of fused-ring (bicyclic) bond motifs is 1. The molecule has 0 fully saturated rings. The van der Waals surface area contributed by atoms with Crippen molar-refractivity contribution >= 4 is 27.5 Å². The lowest BCUT2D eigenvalue weighted by atomic mass is 10.0. The van der Waals surface area contributed by atoms with Crippen LogP contribution in [0.2, 0.25) is 0 Å². The highest BCUT2D eigenvalue weighted by Crippen LogP contribution is 2.17. The molecular formula is C9H4BrNO2. The van der Waals surface area contributed by atoms with Crippen LogP contribution in [0.3, 0.4) is 0 Å². The van der Waals surface area contributed by atoms with Crippen molar-refractivity contribution in [3.8, 4) is 0 Å². The summed E-state index contributed by atoms with van der Waals surface area (Å²) in [6.07, 6.45) is 2.50. The van der Waals surface area contributed by atoms with Crippen molar-refractivity contribution in [1.29, 1.82) is 0 Å². The average molecular weight is 238 g/mol. The number of carbonyl (C=O) groups excluding carboxylic acids is 2. The van der Waals surface area contributed by atoms with Crippen LogP contribution in [-0.2, 0) is 0 Å². The van der Waals surface area contributed by atoms with E-state index < -0.39 is 0 Å². The van der Waals surface area contributed by atoms with Crippen molar-refractivity contribution in [1.82, 2.24) is 4.98 Å². The van der Waals surface area contributed by atoms with Crippen molar-refractivity contribution < 1.29 is 9.59 Å². The van der Waals surface area contributed by atoms with Crippen LogP contribution in [0.5, 0.6) is 0 Å². The van der Waals surface area contributed by atoms with Gasteiger partial charge in [-0.15, -0.1) is 0 Å². The molecule has 1 aromatic heterocycles. The molecule has 13 heavy (non-hydrogen) atoms. The Kier molecular flexibility index (Phi) is 1.84. The Morgan fingerprint density at radius 3 is 2.54 bits per heavy atom. The maximum atomic E-state index is 11.3. The standard InChI is InChI=1S/C9H4BrNO2/c10-8-4-1-5-6(12)2-3-7(13)9(5)11-8/h1-4H. The second kappa shape index (κ2) is 2.88. The molecule has 0 aromatic carbocycles. The first kappa shape index (κ1) is 8.31. The van der Waals surface area contributed by atoms with Gasteiger partial charge in [0.15, 0.2) is 5.78 Å². The van der Waals surface area contributed by atoms with Gasteiger partial charge in [0.05, 0.1) is 5.56 Å². The van der Waals surface area contributed by atoms with E-state index in [9.17, 15) is 9.59 Å². The van der Waals surface area contributed by atoms with Crippen LogP contribution in [0.1, 0.15) is 20.8 Å². The third-order valence-electron chi connectivity index (χ3n) is 1.75. The highest BCUT2D eigenvalue weighted by atomic mass is 79.9. The lowest BCUT2D eigenvalue weighted by molar-refractivity contribution is 0.0990. The summed E-state index contributed by atoms with van der Waals surface area (Å²) in [7, 11) is 0. The summed E-state index contributed by atoms with van der Waals surface area (Å²) in [6.45, 7) is 0. The van der Waals surface area contributed by atoms with E-state index in [0.29, 0.717) is 10.2 Å². The van der Waals surface area contributed by atoms with Crippen molar-refractivity contribution in [2.75, 3.05) is 0 Å². The van der Waals surface area contributed by atoms with Crippen LogP contribution in [0.15, 0.2) is 28.9 Å². The minimum absolute atomic E-state index is 0.172. The number of allylic oxidation sites excluding steroid dienone is 2. The third-order valence-corrected chi connectivity index (χ3v) is 2.19. The fourth-order valence-electron chi connectivity index (χ4n) is 1.14. The van der Waals surface area contributed by atoms with Gasteiger partial charge < -0.3 is 0 Å². The first-order valence-electron chi connectivity index (χ1n) is 3.62. The topological polar surface area (TPSA) is 47.0 Å². The van der Waals surface area contributed by atoms with E-state index >= 15 is 0 Å². The molecule has 1 aromatic rings. The number of rotatable bonds is 0. The Morgan fingerprint density at radius 2 is 1.77 bits per heavy atom. The summed E-state index contributed by atoms with van der Waals surface area (Å²) in [5, 5.41) is 0. The van der Waals surface area contributed by atoms with Crippen LogP contribution in [-0.4, -0.2) is 16.6 Å². The van der Waals surface area contributed by atoms with E-state index in [4.69, 9.17) is 0 Å². The van der Waals surface area contributed by atoms with Gasteiger partial charge in [0.2, 0.25) is 5.78 Å². The summed E-state index contributed by atoms with van der Waals surface area (Å²) in [5.74, 6) is -0.398. The number of hydrogen-bond donors (Lipinski definition) is 0. The van der Waals surface area contributed by atoms with E-state index in [2.05, 4.69) is 20.9 Å². The molecule has 0 spiro atoms. The first-order valence-corrected chi connectivity index (χ1v) is 4.41. The molecule has 0 bridgehead atoms. The van der Waals surface area contributed by atoms with E-state index in [1.807, 2.05) is 0 Å². The Morgan fingerprint density at radius 1 is 1.08 bits per heavy atom. The molecule has 3 nitrogen and oxygen atoms in total. The number of pyridine rings is 1. The number of ketones is 2. The smallest absolute Gasteiger partial charge is 0.205 e. The Bertz CT molecular complexity index is 437. The normalized spacial score (nSPS) is 14.5. The molecule has 1 aliphatic rings. The molecule has 0 saturated heterocycles. The average Bonchev–Trinajstić information content (AvgIpc) is 2.12. The summed E-state index contributed by atoms with van der Waals surface area (Å²) >= 11 is 3.14. The zero-order valence-electron chi connectivity index (χ0n) is 6.45. The molecule has 0 unspecified atom stereocenters. The molecule has 0 radical (unpaired) electrons. The van der Waals surface area contributed by atoms with Gasteiger partial charge in [-0.1, -0.05) is 0 Å². The molecule has 0 saturated carbocycles. The summed E-state index contributed by atoms with van der Waals surface area (Å²) < 4.78 is 0.558. The lowest BCUT2D eigenvalue weighted by Crippen LogP contribution is -2.13. The molecule has 64 valence electrons. The van der Waals surface area contributed by atoms with Crippen LogP contribution in [0, 0.1) is 0 Å². The van der Waals surface area contributed by atoms with E-state index in [1.165, 1.54) is 12.2 Å². The van der Waals surface area contributed by atoms with Gasteiger partial charge in [0.1, 0.15) is 10.3 Å². The van der Waals surface area contributed by atoms with Crippen molar-refractivity contribution in [2.24, 2.45) is 0 Å². The van der Waals surface area contributed by atoms with Crippen LogP contribution < -0.4 is 0 Å². The van der Waals surface area contributed by atoms with Gasteiger partial charge in [0.25, 0.3) is 0 Å². The number of aromatic nitrogens is 1. The van der Waals surface area contributed by atoms with Crippen molar-refractivity contribution in [3.63, 3.8) is 0 Å². The summed E-state index contributed by atoms with van der Waals surface area (Å²) in [6, 6.07) is 3.24. The molecule has 2 rings (SSSR count). The molecule has 0 amide bonds. The summed E-state index contributed by atoms with van der Waals surface area (Å²) in [4.78, 5) is 26.4. The zero-order valence-corrected chi connectivity index (χ0v) is 8.04. The quantitative estimate of drug-likeness (QED) is 0.647. The Balaban J connectivity index is 2.69. The van der Waals surface area contributed by atoms with Crippen LogP contribution in [0.4, 0.5) is 0 Å². The fourth-order valence-corrected chi connectivity index (χ4v) is 1.45. The minimum Gasteiger partial charge on any atom is -0.289 e. The fraction of sp³-hybridized carbons (Fsp3) is 0. The number of halogens is 1. The van der Waals surface area contributed by atoms with Gasteiger partial charge in [-0.05, 0) is 40.2 Å². The largest absolute Gasteiger partial charge is 0.289 e. The minimum atomic E-state index is -0.226. The number of carbonyl (C=O) groups is 2. The highest BCUT2D eigenvalue weighted by molar-refractivity contribution is 9.10. The van der Waals surface area contributed by atoms with E-state index in [-0.39, 0.29) is 17.3 Å². The zero-order chi connectivity index (χ0) is 9.42. The van der Waals surface area contributed by atoms with Crippen LogP contribution >= 0.6 is 15.9 Å². The lowest BCUT2D eigenvalue weighted by Gasteiger charge is -2.06. The monoisotopic (exact) mass is 237 g/mol. The van der Waals surface area contributed by atoms with Gasteiger partial charge in [-0.3, -0.25) is 9.59 Å². The number of hydrogen-bond acceptors (Lipinski definition) is 3. The second-order valence-corrected chi connectivity index (χ2v) is 3.40. The third kappa shape index (κ3) is 1.33. The van der Waals surface area contributed by atoms with Crippen LogP contribution in [0.25, 0.3) is 0 Å². The van der Waals surface area contributed by atoms with Crippen molar-refractivity contribution in [2.45, 2.75) is 0 Å². The second-order valence-electron chi connectivity index (χ2n) is 2.59. The molecule has 0 N–H and O–H groups in total. The Labute approximate surface area is 82.6 Å². The van der Waals surface area contributed by atoms with E-state index in [1.54, 1.807) is 12.1 Å². The molecule has 1 aliphatic carbocycles.